The van der Waals surface area contributed by atoms with Gasteiger partial charge in [-0.25, -0.2) is 13.4 Å². The Morgan fingerprint density at radius 2 is 1.88 bits per heavy atom. The van der Waals surface area contributed by atoms with Crippen molar-refractivity contribution in [1.29, 1.82) is 0 Å². The number of nitrogens with one attached hydrogen (secondary N) is 1. The van der Waals surface area contributed by atoms with E-state index in [0.29, 0.717) is 17.0 Å². The van der Waals surface area contributed by atoms with Crippen LogP contribution in [0.15, 0.2) is 29.2 Å². The van der Waals surface area contributed by atoms with Gasteiger partial charge in [0.15, 0.2) is 15.0 Å². The van der Waals surface area contributed by atoms with Gasteiger partial charge in [-0.3, -0.25) is 9.69 Å². The SMILES string of the molecule is CCS(=O)(=O)c1ccc(CC(=O)Nc2nc3c(s2)CN(C[C@H]2CC[C@H](O)CC2)C3C(C)C)cc1. The van der Waals surface area contributed by atoms with Crippen molar-refractivity contribution >= 4 is 32.2 Å². The van der Waals surface area contributed by atoms with Crippen molar-refractivity contribution in [3.05, 3.63) is 40.4 Å². The number of aliphatic hydroxyl groups excluding tert-OH is 1. The van der Waals surface area contributed by atoms with Crippen LogP contribution in [0.4, 0.5) is 5.13 Å². The summed E-state index contributed by atoms with van der Waals surface area (Å²) in [6.45, 7) is 7.95. The molecule has 9 heteroatoms. The summed E-state index contributed by atoms with van der Waals surface area (Å²) in [6.07, 6.45) is 4.00. The number of sulfone groups is 1. The second kappa shape index (κ2) is 10.4. The Bertz CT molecular complexity index is 1100. The Balaban J connectivity index is 1.37. The van der Waals surface area contributed by atoms with Crippen LogP contribution in [0.2, 0.25) is 0 Å². The topological polar surface area (TPSA) is 99.6 Å². The highest BCUT2D eigenvalue weighted by atomic mass is 32.2. The molecule has 34 heavy (non-hydrogen) atoms. The average Bonchev–Trinajstić information content (AvgIpc) is 3.31. The van der Waals surface area contributed by atoms with Crippen LogP contribution in [0.25, 0.3) is 0 Å². The van der Waals surface area contributed by atoms with Crippen molar-refractivity contribution in [2.45, 2.75) is 76.5 Å². The third-order valence-electron chi connectivity index (χ3n) is 6.96. The quantitative estimate of drug-likeness (QED) is 0.558. The van der Waals surface area contributed by atoms with Crippen LogP contribution >= 0.6 is 11.3 Å². The first-order valence-corrected chi connectivity index (χ1v) is 14.7. The van der Waals surface area contributed by atoms with E-state index in [1.54, 1.807) is 42.5 Å². The molecule has 1 unspecified atom stereocenters. The zero-order chi connectivity index (χ0) is 24.5. The predicted octanol–water partition coefficient (Wildman–Crippen LogP) is 4.18. The Labute approximate surface area is 206 Å². The van der Waals surface area contributed by atoms with Gasteiger partial charge in [0.05, 0.1) is 34.9 Å². The van der Waals surface area contributed by atoms with E-state index >= 15 is 0 Å². The molecule has 1 atom stereocenters. The normalized spacial score (nSPS) is 23.3. The summed E-state index contributed by atoms with van der Waals surface area (Å²) < 4.78 is 23.9. The standard InChI is InChI=1S/C25H35N3O4S2/c1-4-34(31,32)20-11-7-17(8-12-20)13-22(30)26-25-27-23-21(33-25)15-28(24(23)16(2)3)14-18-5-9-19(29)10-6-18/h7-8,11-12,16,18-19,24,29H,4-6,9-10,13-15H2,1-3H3,(H,26,27,30)/t18-,19-,24?. The van der Waals surface area contributed by atoms with Crippen LogP contribution in [0.3, 0.4) is 0 Å². The molecule has 2 heterocycles. The summed E-state index contributed by atoms with van der Waals surface area (Å²) in [5.41, 5.74) is 1.85. The van der Waals surface area contributed by atoms with Gasteiger partial charge in [0.2, 0.25) is 5.91 Å². The lowest BCUT2D eigenvalue weighted by Gasteiger charge is -2.33. The second-order valence-corrected chi connectivity index (χ2v) is 13.3. The van der Waals surface area contributed by atoms with E-state index in [2.05, 4.69) is 24.1 Å². The number of amides is 1. The first-order valence-electron chi connectivity index (χ1n) is 12.2. The molecule has 0 radical (unpaired) electrons. The van der Waals surface area contributed by atoms with E-state index < -0.39 is 9.84 Å². The fourth-order valence-electron chi connectivity index (χ4n) is 5.12. The monoisotopic (exact) mass is 505 g/mol. The van der Waals surface area contributed by atoms with Crippen molar-refractivity contribution < 1.29 is 18.3 Å². The second-order valence-electron chi connectivity index (χ2n) is 9.89. The Kier molecular flexibility index (Phi) is 7.76. The number of nitrogens with zero attached hydrogens (tertiary/aromatic N) is 2. The largest absolute Gasteiger partial charge is 0.393 e. The first-order chi connectivity index (χ1) is 16.2. The number of fused-ring (bicyclic) bond motifs is 1. The van der Waals surface area contributed by atoms with E-state index in [9.17, 15) is 18.3 Å². The number of anilines is 1. The molecule has 1 fully saturated rings. The van der Waals surface area contributed by atoms with Gasteiger partial charge < -0.3 is 10.4 Å². The van der Waals surface area contributed by atoms with Crippen LogP contribution in [-0.2, 0) is 27.6 Å². The molecule has 2 N–H and O–H groups in total. The van der Waals surface area contributed by atoms with Crippen molar-refractivity contribution in [2.75, 3.05) is 17.6 Å². The van der Waals surface area contributed by atoms with Crippen molar-refractivity contribution in [3.8, 4) is 0 Å². The van der Waals surface area contributed by atoms with Gasteiger partial charge in [0, 0.05) is 18.0 Å². The van der Waals surface area contributed by atoms with E-state index in [0.717, 1.165) is 50.0 Å². The van der Waals surface area contributed by atoms with Crippen molar-refractivity contribution in [1.82, 2.24) is 9.88 Å². The van der Waals surface area contributed by atoms with E-state index in [1.807, 2.05) is 0 Å². The van der Waals surface area contributed by atoms with E-state index in [4.69, 9.17) is 4.98 Å². The highest BCUT2D eigenvalue weighted by Gasteiger charge is 2.37. The van der Waals surface area contributed by atoms with Crippen LogP contribution < -0.4 is 5.32 Å². The van der Waals surface area contributed by atoms with E-state index in [1.165, 1.54) is 4.88 Å². The van der Waals surface area contributed by atoms with Gasteiger partial charge in [0.1, 0.15) is 0 Å². The molecular formula is C25H35N3O4S2. The number of carbonyl (C=O) groups excluding carboxylic acids is 1. The van der Waals surface area contributed by atoms with Gasteiger partial charge in [0.25, 0.3) is 0 Å². The molecule has 0 saturated heterocycles. The van der Waals surface area contributed by atoms with Crippen LogP contribution in [0.5, 0.6) is 0 Å². The summed E-state index contributed by atoms with van der Waals surface area (Å²) in [5, 5.41) is 13.4. The van der Waals surface area contributed by atoms with Crippen molar-refractivity contribution in [2.24, 2.45) is 11.8 Å². The molecule has 1 amide bonds. The highest BCUT2D eigenvalue weighted by molar-refractivity contribution is 7.91. The summed E-state index contributed by atoms with van der Waals surface area (Å²) in [4.78, 5) is 21.5. The molecule has 1 saturated carbocycles. The van der Waals surface area contributed by atoms with Crippen molar-refractivity contribution in [3.63, 3.8) is 0 Å². The summed E-state index contributed by atoms with van der Waals surface area (Å²) in [5.74, 6) is 0.938. The van der Waals surface area contributed by atoms with Gasteiger partial charge in [-0.15, -0.1) is 11.3 Å². The number of hydrogen-bond donors (Lipinski definition) is 2. The maximum atomic E-state index is 12.6. The number of carbonyl (C=O) groups is 1. The maximum absolute atomic E-state index is 12.6. The third-order valence-corrected chi connectivity index (χ3v) is 9.68. The molecule has 1 aromatic carbocycles. The molecule has 1 aliphatic carbocycles. The minimum Gasteiger partial charge on any atom is -0.393 e. The lowest BCUT2D eigenvalue weighted by molar-refractivity contribution is -0.115. The summed E-state index contributed by atoms with van der Waals surface area (Å²) >= 11 is 1.55. The van der Waals surface area contributed by atoms with E-state index in [-0.39, 0.29) is 35.1 Å². The number of thiazole rings is 1. The molecule has 0 spiro atoms. The number of benzene rings is 1. The number of aromatic nitrogens is 1. The fraction of sp³-hybridized carbons (Fsp3) is 0.600. The molecular weight excluding hydrogens is 470 g/mol. The summed E-state index contributed by atoms with van der Waals surface area (Å²) in [7, 11) is -3.24. The minimum atomic E-state index is -3.24. The van der Waals surface area contributed by atoms with Gasteiger partial charge in [-0.1, -0.05) is 32.9 Å². The highest BCUT2D eigenvalue weighted by Crippen LogP contribution is 2.43. The molecule has 4 rings (SSSR count). The smallest absolute Gasteiger partial charge is 0.230 e. The zero-order valence-corrected chi connectivity index (χ0v) is 21.8. The Morgan fingerprint density at radius 1 is 1.21 bits per heavy atom. The van der Waals surface area contributed by atoms with Crippen LogP contribution in [0, 0.1) is 11.8 Å². The Morgan fingerprint density at radius 3 is 2.50 bits per heavy atom. The molecule has 7 nitrogen and oxygen atoms in total. The zero-order valence-electron chi connectivity index (χ0n) is 20.2. The average molecular weight is 506 g/mol. The lowest BCUT2D eigenvalue weighted by Crippen LogP contribution is -2.33. The molecule has 2 aliphatic rings. The minimum absolute atomic E-state index is 0.0557. The number of aliphatic hydroxyl groups is 1. The lowest BCUT2D eigenvalue weighted by atomic mass is 9.86. The van der Waals surface area contributed by atoms with Gasteiger partial charge >= 0.3 is 0 Å². The number of rotatable bonds is 8. The number of hydrogen-bond acceptors (Lipinski definition) is 7. The predicted molar refractivity (Wildman–Crippen MR) is 135 cm³/mol. The molecule has 186 valence electrons. The fourth-order valence-corrected chi connectivity index (χ4v) is 7.05. The van der Waals surface area contributed by atoms with Gasteiger partial charge in [-0.05, 0) is 55.2 Å². The molecule has 1 aromatic heterocycles. The maximum Gasteiger partial charge on any atom is 0.230 e. The molecule has 2 aromatic rings. The first kappa shape index (κ1) is 25.3. The molecule has 0 bridgehead atoms. The van der Waals surface area contributed by atoms with Gasteiger partial charge in [-0.2, -0.15) is 0 Å². The molecule has 1 aliphatic heterocycles. The van der Waals surface area contributed by atoms with Crippen LogP contribution in [0.1, 0.15) is 68.6 Å². The van der Waals surface area contributed by atoms with Crippen LogP contribution in [-0.4, -0.2) is 47.7 Å². The third kappa shape index (κ3) is 5.70. The summed E-state index contributed by atoms with van der Waals surface area (Å²) in [6, 6.07) is 6.77. The Hall–Kier alpha value is -1.81.